The second-order valence-corrected chi connectivity index (χ2v) is 15.8. The van der Waals surface area contributed by atoms with Crippen molar-refractivity contribution in [2.24, 2.45) is 5.92 Å². The Kier molecular flexibility index (Phi) is 34.3. The molecule has 1 aromatic rings. The zero-order valence-corrected chi connectivity index (χ0v) is 39.0. The minimum Gasteiger partial charge on any atom is -0.443 e. The van der Waals surface area contributed by atoms with Gasteiger partial charge >= 0.3 is 6.09 Å². The average molecular weight is 847 g/mol. The predicted molar refractivity (Wildman–Crippen MR) is 240 cm³/mol. The van der Waals surface area contributed by atoms with E-state index in [1.807, 2.05) is 63.1 Å². The molecular formula is C46H82N6O8. The summed E-state index contributed by atoms with van der Waals surface area (Å²) in [7, 11) is 7.00. The van der Waals surface area contributed by atoms with Crippen LogP contribution in [0.15, 0.2) is 30.3 Å². The molecule has 14 heteroatoms. The van der Waals surface area contributed by atoms with E-state index in [1.54, 1.807) is 21.1 Å². The number of hydrogen-bond donors (Lipinski definition) is 4. The standard InChI is InChI=1S/C16H29NO3.C14H21N3O2.C9H14N2O3.C4H10.C3H8/c1-4-16(3,5-2)20-15(19)17-14(12-18)13-10-8-6-7-9-11-13;1-15-10-13(18)16-12(9-14(19)17(2)3)11-7-5-4-6-8-11;1-11-4-2-3-8(11)9(14)10-5-7(13)6-12;1-3-4-2;1-3-2/h12-14H,4-11H2,1-3H3,(H,17,19);4-8,12,15H,9-10H2,1-3H3,(H,16,18);6,8H,2-5H2,1H3,(H,10,14);3-4H2,1-2H3;3H2,1-2H3. The summed E-state index contributed by atoms with van der Waals surface area (Å²) in [4.78, 5) is 82.3. The zero-order valence-electron chi connectivity index (χ0n) is 39.0. The van der Waals surface area contributed by atoms with Gasteiger partial charge in [0, 0.05) is 14.1 Å². The summed E-state index contributed by atoms with van der Waals surface area (Å²) in [5, 5.41) is 10.9. The molecule has 1 aliphatic heterocycles. The molecule has 3 rings (SSSR count). The zero-order chi connectivity index (χ0) is 45.9. The number of rotatable bonds is 17. The number of carbonyl (C=O) groups excluding carboxylic acids is 7. The van der Waals surface area contributed by atoms with E-state index < -0.39 is 23.5 Å². The van der Waals surface area contributed by atoms with Gasteiger partial charge in [0.2, 0.25) is 23.5 Å². The van der Waals surface area contributed by atoms with Gasteiger partial charge in [-0.25, -0.2) is 4.79 Å². The van der Waals surface area contributed by atoms with E-state index in [0.717, 1.165) is 69.8 Å². The highest BCUT2D eigenvalue weighted by Gasteiger charge is 2.29. The molecule has 2 fully saturated rings. The Balaban J connectivity index is 0. The number of amides is 4. The van der Waals surface area contributed by atoms with Gasteiger partial charge in [-0.1, -0.05) is 117 Å². The van der Waals surface area contributed by atoms with Crippen molar-refractivity contribution in [2.45, 2.75) is 162 Å². The van der Waals surface area contributed by atoms with Crippen LogP contribution >= 0.6 is 0 Å². The van der Waals surface area contributed by atoms with E-state index >= 15 is 0 Å². The van der Waals surface area contributed by atoms with Crippen LogP contribution in [0.25, 0.3) is 0 Å². The molecule has 0 bridgehead atoms. The number of alkyl carbamates (subject to hydrolysis) is 1. The second-order valence-electron chi connectivity index (χ2n) is 15.8. The quantitative estimate of drug-likeness (QED) is 0.0762. The molecule has 1 saturated heterocycles. The monoisotopic (exact) mass is 847 g/mol. The number of aldehydes is 2. The van der Waals surface area contributed by atoms with Gasteiger partial charge in [-0.15, -0.1) is 0 Å². The number of carbonyl (C=O) groups is 7. The third-order valence-electron chi connectivity index (χ3n) is 10.3. The fraction of sp³-hybridized carbons (Fsp3) is 0.717. The molecule has 4 amide bonds. The largest absolute Gasteiger partial charge is 0.443 e. The minimum atomic E-state index is -0.598. The number of nitrogens with one attached hydrogen (secondary N) is 4. The maximum absolute atomic E-state index is 12.0. The fourth-order valence-electron chi connectivity index (χ4n) is 5.99. The fourth-order valence-corrected chi connectivity index (χ4v) is 5.99. The smallest absolute Gasteiger partial charge is 0.408 e. The van der Waals surface area contributed by atoms with Crippen LogP contribution in [0.5, 0.6) is 0 Å². The molecular weight excluding hydrogens is 765 g/mol. The third kappa shape index (κ3) is 26.8. The first kappa shape index (κ1) is 57.9. The number of ketones is 1. The lowest BCUT2D eigenvalue weighted by molar-refractivity contribution is -0.131. The molecule has 1 heterocycles. The molecule has 344 valence electrons. The Morgan fingerprint density at radius 2 is 1.42 bits per heavy atom. The van der Waals surface area contributed by atoms with Crippen molar-refractivity contribution >= 4 is 42.2 Å². The van der Waals surface area contributed by atoms with Crippen LogP contribution in [0.1, 0.15) is 150 Å². The topological polar surface area (TPSA) is 183 Å². The number of unbranched alkanes of at least 4 members (excludes halogenated alkanes) is 1. The van der Waals surface area contributed by atoms with Gasteiger partial charge in [0.05, 0.1) is 37.6 Å². The molecule has 1 saturated carbocycles. The summed E-state index contributed by atoms with van der Waals surface area (Å²) < 4.78 is 5.48. The van der Waals surface area contributed by atoms with E-state index in [0.29, 0.717) is 0 Å². The summed E-state index contributed by atoms with van der Waals surface area (Å²) in [5.41, 5.74) is 0.489. The highest BCUT2D eigenvalue weighted by atomic mass is 16.6. The van der Waals surface area contributed by atoms with Gasteiger partial charge in [0.15, 0.2) is 6.29 Å². The average Bonchev–Trinajstić information content (AvgIpc) is 3.49. The molecule has 60 heavy (non-hydrogen) atoms. The maximum Gasteiger partial charge on any atom is 0.408 e. The predicted octanol–water partition coefficient (Wildman–Crippen LogP) is 6.56. The molecule has 4 N–H and O–H groups in total. The van der Waals surface area contributed by atoms with Crippen LogP contribution in [0.4, 0.5) is 4.79 Å². The van der Waals surface area contributed by atoms with Crippen LogP contribution in [0, 0.1) is 5.92 Å². The molecule has 2 aliphatic rings. The molecule has 3 atom stereocenters. The molecule has 0 aromatic heterocycles. The molecule has 3 unspecified atom stereocenters. The number of likely N-dealkylation sites (N-methyl/N-ethyl adjacent to an activating group) is 2. The van der Waals surface area contributed by atoms with Gasteiger partial charge < -0.3 is 35.7 Å². The van der Waals surface area contributed by atoms with Crippen molar-refractivity contribution in [3.8, 4) is 0 Å². The van der Waals surface area contributed by atoms with Gasteiger partial charge in [-0.05, 0) is 77.6 Å². The second kappa shape index (κ2) is 35.6. The van der Waals surface area contributed by atoms with Crippen molar-refractivity contribution in [1.29, 1.82) is 0 Å². The van der Waals surface area contributed by atoms with E-state index in [4.69, 9.17) is 4.74 Å². The number of nitrogens with zero attached hydrogens (tertiary/aromatic N) is 2. The first-order valence-corrected chi connectivity index (χ1v) is 22.2. The van der Waals surface area contributed by atoms with Crippen LogP contribution < -0.4 is 21.3 Å². The van der Waals surface area contributed by atoms with Gasteiger partial charge in [0.1, 0.15) is 11.9 Å². The SMILES string of the molecule is CCC.CCC(C)(CC)OC(=O)NC(C=O)C1CCCCCC1.CCCC.CN1CCCC1C(=O)NCC(=O)C=O.CNCC(=O)NC(CC(=O)N(C)C)c1ccccc1. The van der Waals surface area contributed by atoms with Crippen molar-refractivity contribution < 1.29 is 38.3 Å². The summed E-state index contributed by atoms with van der Waals surface area (Å²) in [6.45, 7) is 15.5. The Hall–Kier alpha value is -4.17. The Morgan fingerprint density at radius 1 is 0.850 bits per heavy atom. The molecule has 14 nitrogen and oxygen atoms in total. The number of benzene rings is 1. The van der Waals surface area contributed by atoms with Crippen LogP contribution in [0.2, 0.25) is 0 Å². The molecule has 0 radical (unpaired) electrons. The first-order chi connectivity index (χ1) is 28.6. The normalized spacial score (nSPS) is 15.9. The molecule has 0 spiro atoms. The Morgan fingerprint density at radius 3 is 1.85 bits per heavy atom. The van der Waals surface area contributed by atoms with E-state index in [1.165, 1.54) is 37.0 Å². The van der Waals surface area contributed by atoms with Gasteiger partial charge in [-0.3, -0.25) is 28.9 Å². The van der Waals surface area contributed by atoms with Crippen molar-refractivity contribution in [2.75, 3.05) is 47.8 Å². The van der Waals surface area contributed by atoms with Crippen LogP contribution in [0.3, 0.4) is 0 Å². The highest BCUT2D eigenvalue weighted by Crippen LogP contribution is 2.26. The molecule has 1 aromatic carbocycles. The third-order valence-corrected chi connectivity index (χ3v) is 10.3. The van der Waals surface area contributed by atoms with E-state index in [2.05, 4.69) is 49.0 Å². The summed E-state index contributed by atoms with van der Waals surface area (Å²) in [6, 6.07) is 8.67. The van der Waals surface area contributed by atoms with Crippen molar-refractivity contribution in [3.05, 3.63) is 35.9 Å². The lowest BCUT2D eigenvalue weighted by Gasteiger charge is -2.29. The van der Waals surface area contributed by atoms with Gasteiger partial charge in [0.25, 0.3) is 0 Å². The van der Waals surface area contributed by atoms with Crippen molar-refractivity contribution in [1.82, 2.24) is 31.1 Å². The Labute approximate surface area is 362 Å². The van der Waals surface area contributed by atoms with Crippen LogP contribution in [-0.2, 0) is 33.5 Å². The van der Waals surface area contributed by atoms with Gasteiger partial charge in [-0.2, -0.15) is 0 Å². The summed E-state index contributed by atoms with van der Waals surface area (Å²) in [5.74, 6) is -0.641. The van der Waals surface area contributed by atoms with Crippen LogP contribution in [-0.4, -0.2) is 117 Å². The van der Waals surface area contributed by atoms with E-state index in [-0.39, 0.29) is 61.5 Å². The number of ether oxygens (including phenoxy) is 1. The summed E-state index contributed by atoms with van der Waals surface area (Å²) in [6.07, 6.45) is 14.9. The maximum atomic E-state index is 12.0. The van der Waals surface area contributed by atoms with Crippen molar-refractivity contribution in [3.63, 3.8) is 0 Å². The van der Waals surface area contributed by atoms with E-state index in [9.17, 15) is 33.6 Å². The first-order valence-electron chi connectivity index (χ1n) is 22.2. The summed E-state index contributed by atoms with van der Waals surface area (Å²) >= 11 is 0. The lowest BCUT2D eigenvalue weighted by Crippen LogP contribution is -2.45. The minimum absolute atomic E-state index is 0.0152. The number of hydrogen-bond acceptors (Lipinski definition) is 10. The Bertz CT molecular complexity index is 1330. The highest BCUT2D eigenvalue weighted by molar-refractivity contribution is 6.26. The lowest BCUT2D eigenvalue weighted by atomic mass is 9.93. The number of likely N-dealkylation sites (tertiary alicyclic amines) is 1. The molecule has 1 aliphatic carbocycles. The number of Topliss-reactive ketones (excluding diaryl/α,β-unsaturated/α-hetero) is 1.